The van der Waals surface area contributed by atoms with Gasteiger partial charge in [-0.05, 0) is 36.8 Å². The average molecular weight is 277 g/mol. The number of aromatic nitrogens is 1. The van der Waals surface area contributed by atoms with Crippen LogP contribution in [0.1, 0.15) is 24.3 Å². The fourth-order valence-corrected chi connectivity index (χ4v) is 1.73. The summed E-state index contributed by atoms with van der Waals surface area (Å²) < 4.78 is 31.0. The van der Waals surface area contributed by atoms with Crippen LogP contribution in [0, 0.1) is 11.6 Å². The molecule has 0 N–H and O–H groups in total. The van der Waals surface area contributed by atoms with Crippen LogP contribution in [0.15, 0.2) is 42.6 Å². The third-order valence-electron chi connectivity index (χ3n) is 2.74. The first-order chi connectivity index (χ1) is 9.56. The SMILES string of the molecule is C[C@@H](OC(=O)Cc1ccc(F)c(F)c1)c1ccccn1. The summed E-state index contributed by atoms with van der Waals surface area (Å²) >= 11 is 0. The predicted molar refractivity (Wildman–Crippen MR) is 68.8 cm³/mol. The molecule has 1 atom stereocenters. The molecule has 1 heterocycles. The Morgan fingerprint density at radius 2 is 2.05 bits per heavy atom. The van der Waals surface area contributed by atoms with E-state index in [0.717, 1.165) is 12.1 Å². The van der Waals surface area contributed by atoms with Crippen LogP contribution >= 0.6 is 0 Å². The molecular formula is C15H13F2NO2. The second-order valence-electron chi connectivity index (χ2n) is 4.31. The molecule has 0 aliphatic heterocycles. The van der Waals surface area contributed by atoms with E-state index in [-0.39, 0.29) is 6.42 Å². The van der Waals surface area contributed by atoms with E-state index in [4.69, 9.17) is 4.74 Å². The van der Waals surface area contributed by atoms with Gasteiger partial charge in [0.2, 0.25) is 0 Å². The van der Waals surface area contributed by atoms with Gasteiger partial charge in [0, 0.05) is 6.20 Å². The van der Waals surface area contributed by atoms with Crippen LogP contribution in [-0.2, 0) is 16.0 Å². The minimum atomic E-state index is -0.979. The summed E-state index contributed by atoms with van der Waals surface area (Å²) in [5.41, 5.74) is 0.994. The fraction of sp³-hybridized carbons (Fsp3) is 0.200. The van der Waals surface area contributed by atoms with Crippen molar-refractivity contribution in [2.75, 3.05) is 0 Å². The molecule has 0 bridgehead atoms. The second-order valence-corrected chi connectivity index (χ2v) is 4.31. The Bertz CT molecular complexity index is 602. The van der Waals surface area contributed by atoms with E-state index in [1.54, 1.807) is 31.3 Å². The third kappa shape index (κ3) is 3.60. The molecule has 0 unspecified atom stereocenters. The van der Waals surface area contributed by atoms with Gasteiger partial charge in [-0.1, -0.05) is 12.1 Å². The summed E-state index contributed by atoms with van der Waals surface area (Å²) in [5.74, 6) is -2.44. The number of hydrogen-bond acceptors (Lipinski definition) is 3. The quantitative estimate of drug-likeness (QED) is 0.806. The van der Waals surface area contributed by atoms with Crippen molar-refractivity contribution in [3.8, 4) is 0 Å². The zero-order chi connectivity index (χ0) is 14.5. The molecular weight excluding hydrogens is 264 g/mol. The summed E-state index contributed by atoms with van der Waals surface area (Å²) in [6.45, 7) is 1.70. The van der Waals surface area contributed by atoms with Crippen molar-refractivity contribution in [3.05, 3.63) is 65.5 Å². The highest BCUT2D eigenvalue weighted by Gasteiger charge is 2.14. The largest absolute Gasteiger partial charge is 0.456 e. The standard InChI is InChI=1S/C15H13F2NO2/c1-10(14-4-2-3-7-18-14)20-15(19)9-11-5-6-12(16)13(17)8-11/h2-8,10H,9H2,1H3/t10-/m1/s1. The molecule has 20 heavy (non-hydrogen) atoms. The van der Waals surface area contributed by atoms with Crippen molar-refractivity contribution in [1.82, 2.24) is 4.98 Å². The number of benzene rings is 1. The number of pyridine rings is 1. The van der Waals surface area contributed by atoms with Crippen LogP contribution in [0.2, 0.25) is 0 Å². The number of rotatable bonds is 4. The van der Waals surface area contributed by atoms with Gasteiger partial charge in [-0.25, -0.2) is 8.78 Å². The van der Waals surface area contributed by atoms with Gasteiger partial charge >= 0.3 is 5.97 Å². The van der Waals surface area contributed by atoms with Gasteiger partial charge in [0.1, 0.15) is 6.10 Å². The lowest BCUT2D eigenvalue weighted by atomic mass is 10.1. The fourth-order valence-electron chi connectivity index (χ4n) is 1.73. The molecule has 2 aromatic rings. The molecule has 0 spiro atoms. The first-order valence-corrected chi connectivity index (χ1v) is 6.10. The van der Waals surface area contributed by atoms with E-state index in [9.17, 15) is 13.6 Å². The number of nitrogens with zero attached hydrogens (tertiary/aromatic N) is 1. The molecule has 0 aliphatic rings. The lowest BCUT2D eigenvalue weighted by Crippen LogP contribution is -2.12. The minimum absolute atomic E-state index is 0.117. The van der Waals surface area contributed by atoms with E-state index in [1.165, 1.54) is 6.07 Å². The predicted octanol–water partition coefficient (Wildman–Crippen LogP) is 3.21. The lowest BCUT2D eigenvalue weighted by Gasteiger charge is -2.12. The zero-order valence-corrected chi connectivity index (χ0v) is 10.8. The van der Waals surface area contributed by atoms with E-state index >= 15 is 0 Å². The monoisotopic (exact) mass is 277 g/mol. The van der Waals surface area contributed by atoms with Crippen LogP contribution in [0.25, 0.3) is 0 Å². The maximum absolute atomic E-state index is 13.0. The van der Waals surface area contributed by atoms with Crippen LogP contribution in [0.4, 0.5) is 8.78 Å². The Balaban J connectivity index is 1.97. The first-order valence-electron chi connectivity index (χ1n) is 6.10. The van der Waals surface area contributed by atoms with Crippen molar-refractivity contribution in [3.63, 3.8) is 0 Å². The normalized spacial score (nSPS) is 11.9. The molecule has 1 aromatic carbocycles. The Morgan fingerprint density at radius 1 is 1.25 bits per heavy atom. The van der Waals surface area contributed by atoms with Crippen LogP contribution in [-0.4, -0.2) is 11.0 Å². The first kappa shape index (κ1) is 14.1. The van der Waals surface area contributed by atoms with E-state index < -0.39 is 23.7 Å². The summed E-state index contributed by atoms with van der Waals surface area (Å²) in [4.78, 5) is 15.8. The van der Waals surface area contributed by atoms with Gasteiger partial charge in [-0.3, -0.25) is 9.78 Å². The van der Waals surface area contributed by atoms with Crippen molar-refractivity contribution in [2.45, 2.75) is 19.4 Å². The Hall–Kier alpha value is -2.30. The highest BCUT2D eigenvalue weighted by atomic mass is 19.2. The van der Waals surface area contributed by atoms with E-state index in [2.05, 4.69) is 4.98 Å². The number of ether oxygens (including phenoxy) is 1. The highest BCUT2D eigenvalue weighted by Crippen LogP contribution is 2.15. The number of carbonyl (C=O) groups is 1. The summed E-state index contributed by atoms with van der Waals surface area (Å²) in [6, 6.07) is 8.63. The van der Waals surface area contributed by atoms with E-state index in [0.29, 0.717) is 11.3 Å². The van der Waals surface area contributed by atoms with Crippen molar-refractivity contribution in [1.29, 1.82) is 0 Å². The maximum atomic E-state index is 13.0. The third-order valence-corrected chi connectivity index (χ3v) is 2.74. The molecule has 0 radical (unpaired) electrons. The van der Waals surface area contributed by atoms with Crippen LogP contribution < -0.4 is 0 Å². The number of hydrogen-bond donors (Lipinski definition) is 0. The number of carbonyl (C=O) groups excluding carboxylic acids is 1. The molecule has 0 amide bonds. The molecule has 0 fully saturated rings. The molecule has 0 saturated carbocycles. The Morgan fingerprint density at radius 3 is 2.70 bits per heavy atom. The molecule has 0 aliphatic carbocycles. The van der Waals surface area contributed by atoms with Gasteiger partial charge in [-0.15, -0.1) is 0 Å². The molecule has 3 nitrogen and oxygen atoms in total. The Kier molecular flexibility index (Phi) is 4.40. The second kappa shape index (κ2) is 6.23. The lowest BCUT2D eigenvalue weighted by molar-refractivity contribution is -0.147. The number of esters is 1. The van der Waals surface area contributed by atoms with Gasteiger partial charge in [0.05, 0.1) is 12.1 Å². The number of halogens is 2. The van der Waals surface area contributed by atoms with Crippen molar-refractivity contribution < 1.29 is 18.3 Å². The van der Waals surface area contributed by atoms with Gasteiger partial charge in [0.25, 0.3) is 0 Å². The van der Waals surface area contributed by atoms with Gasteiger partial charge in [0.15, 0.2) is 11.6 Å². The Labute approximate surface area is 115 Å². The molecule has 0 saturated heterocycles. The van der Waals surface area contributed by atoms with Crippen LogP contribution in [0.3, 0.4) is 0 Å². The molecule has 2 rings (SSSR count). The molecule has 104 valence electrons. The molecule has 5 heteroatoms. The smallest absolute Gasteiger partial charge is 0.310 e. The summed E-state index contributed by atoms with van der Waals surface area (Å²) in [7, 11) is 0. The summed E-state index contributed by atoms with van der Waals surface area (Å²) in [5, 5.41) is 0. The maximum Gasteiger partial charge on any atom is 0.310 e. The van der Waals surface area contributed by atoms with E-state index in [1.807, 2.05) is 0 Å². The molecule has 1 aromatic heterocycles. The minimum Gasteiger partial charge on any atom is -0.456 e. The summed E-state index contributed by atoms with van der Waals surface area (Å²) in [6.07, 6.45) is 0.998. The van der Waals surface area contributed by atoms with Crippen molar-refractivity contribution in [2.24, 2.45) is 0 Å². The van der Waals surface area contributed by atoms with Gasteiger partial charge in [-0.2, -0.15) is 0 Å². The highest BCUT2D eigenvalue weighted by molar-refractivity contribution is 5.72. The van der Waals surface area contributed by atoms with Gasteiger partial charge < -0.3 is 4.74 Å². The topological polar surface area (TPSA) is 39.2 Å². The van der Waals surface area contributed by atoms with Crippen LogP contribution in [0.5, 0.6) is 0 Å². The zero-order valence-electron chi connectivity index (χ0n) is 10.8. The average Bonchev–Trinajstić information content (AvgIpc) is 2.44. The van der Waals surface area contributed by atoms with Crippen molar-refractivity contribution >= 4 is 5.97 Å².